The number of hydrogen-bond donors (Lipinski definition) is 3. The molecule has 4 unspecified atom stereocenters. The van der Waals surface area contributed by atoms with E-state index in [2.05, 4.69) is 47.8 Å². The first-order chi connectivity index (χ1) is 14.7. The summed E-state index contributed by atoms with van der Waals surface area (Å²) in [6, 6.07) is 15.2. The van der Waals surface area contributed by atoms with Crippen LogP contribution in [0.5, 0.6) is 0 Å². The highest BCUT2D eigenvalue weighted by atomic mass is 19.4. The largest absolute Gasteiger partial charge is 0.490 e. The number of carbonyl (C=O) groups is 2. The molecular formula is C23H27F3N2O3. The number of benzene rings is 2. The number of aliphatic carboxylic acids is 1. The molecule has 4 rings (SSSR count). The number of hydrogen-bond acceptors (Lipinski definition) is 3. The van der Waals surface area contributed by atoms with Gasteiger partial charge in [-0.1, -0.05) is 55.3 Å². The van der Waals surface area contributed by atoms with Crippen LogP contribution in [0.3, 0.4) is 0 Å². The molecule has 2 aliphatic carbocycles. The van der Waals surface area contributed by atoms with Crippen molar-refractivity contribution in [2.45, 2.75) is 50.2 Å². The number of fused-ring (bicyclic) bond motifs is 1. The van der Waals surface area contributed by atoms with Crippen molar-refractivity contribution < 1.29 is 27.9 Å². The highest BCUT2D eigenvalue weighted by Crippen LogP contribution is 2.49. The number of rotatable bonds is 4. The molecule has 2 aromatic carbocycles. The Morgan fingerprint density at radius 3 is 2.39 bits per heavy atom. The van der Waals surface area contributed by atoms with E-state index in [1.54, 1.807) is 0 Å². The van der Waals surface area contributed by atoms with Crippen LogP contribution < -0.4 is 11.1 Å². The molecule has 0 heterocycles. The van der Waals surface area contributed by atoms with Crippen molar-refractivity contribution in [1.29, 1.82) is 0 Å². The summed E-state index contributed by atoms with van der Waals surface area (Å²) in [6.07, 6.45) is 0.577. The maximum Gasteiger partial charge on any atom is 0.490 e. The van der Waals surface area contributed by atoms with Crippen molar-refractivity contribution in [2.24, 2.45) is 17.6 Å². The number of nitrogens with two attached hydrogens (primary N) is 1. The Labute approximate surface area is 178 Å². The van der Waals surface area contributed by atoms with E-state index in [0.29, 0.717) is 18.4 Å². The number of carboxylic acids is 1. The standard InChI is InChI=1S/C21H26N2O.C2HF3O2/c22-13-15-7-2-4-11-20(15)23-21(24)19-12-18(19)17-10-5-8-14-6-1-3-9-16(14)17;3-2(4,5)1(6)7/h1,3,5-6,8-10,15,18-20H,2,4,7,11-13,22H2,(H,23,24);(H,6,7). The molecule has 4 N–H and O–H groups in total. The molecule has 0 aromatic heterocycles. The maximum atomic E-state index is 12.7. The lowest BCUT2D eigenvalue weighted by Crippen LogP contribution is -2.45. The van der Waals surface area contributed by atoms with E-state index in [-0.39, 0.29) is 17.9 Å². The Balaban J connectivity index is 0.000000339. The fourth-order valence-electron chi connectivity index (χ4n) is 4.37. The maximum absolute atomic E-state index is 12.7. The first kappa shape index (κ1) is 23.1. The molecule has 0 spiro atoms. The fourth-order valence-corrected chi connectivity index (χ4v) is 4.37. The van der Waals surface area contributed by atoms with Gasteiger partial charge in [0.1, 0.15) is 0 Å². The summed E-state index contributed by atoms with van der Waals surface area (Å²) in [5.41, 5.74) is 7.22. The minimum Gasteiger partial charge on any atom is -0.475 e. The smallest absolute Gasteiger partial charge is 0.475 e. The highest BCUT2D eigenvalue weighted by Gasteiger charge is 2.45. The zero-order valence-electron chi connectivity index (χ0n) is 17.1. The third-order valence-electron chi connectivity index (χ3n) is 6.13. The van der Waals surface area contributed by atoms with Gasteiger partial charge in [-0.3, -0.25) is 4.79 Å². The van der Waals surface area contributed by atoms with Gasteiger partial charge >= 0.3 is 12.1 Å². The Morgan fingerprint density at radius 2 is 1.71 bits per heavy atom. The first-order valence-corrected chi connectivity index (χ1v) is 10.5. The van der Waals surface area contributed by atoms with Gasteiger partial charge in [0.15, 0.2) is 0 Å². The van der Waals surface area contributed by atoms with Gasteiger partial charge in [0.05, 0.1) is 0 Å². The molecule has 4 atom stereocenters. The number of carbonyl (C=O) groups excluding carboxylic acids is 1. The van der Waals surface area contributed by atoms with Gasteiger partial charge in [-0.05, 0) is 54.0 Å². The second-order valence-electron chi connectivity index (χ2n) is 8.22. The van der Waals surface area contributed by atoms with Crippen LogP contribution in [0.25, 0.3) is 10.8 Å². The zero-order chi connectivity index (χ0) is 22.6. The number of amides is 1. The molecule has 0 bridgehead atoms. The van der Waals surface area contributed by atoms with Gasteiger partial charge in [0.25, 0.3) is 0 Å². The van der Waals surface area contributed by atoms with E-state index in [4.69, 9.17) is 15.6 Å². The molecular weight excluding hydrogens is 409 g/mol. The number of halogens is 3. The van der Waals surface area contributed by atoms with Crippen molar-refractivity contribution in [1.82, 2.24) is 5.32 Å². The van der Waals surface area contributed by atoms with E-state index in [0.717, 1.165) is 19.3 Å². The average Bonchev–Trinajstić information content (AvgIpc) is 3.54. The number of nitrogens with one attached hydrogen (secondary N) is 1. The Hall–Kier alpha value is -2.61. The third kappa shape index (κ3) is 5.76. The summed E-state index contributed by atoms with van der Waals surface area (Å²) < 4.78 is 31.7. The lowest BCUT2D eigenvalue weighted by Gasteiger charge is -2.31. The normalized spacial score (nSPS) is 25.3. The van der Waals surface area contributed by atoms with Gasteiger partial charge in [-0.25, -0.2) is 4.79 Å². The number of alkyl halides is 3. The van der Waals surface area contributed by atoms with Crippen LogP contribution in [0.1, 0.15) is 43.6 Å². The molecule has 0 aliphatic heterocycles. The summed E-state index contributed by atoms with van der Waals surface area (Å²) in [6.45, 7) is 0.683. The second-order valence-corrected chi connectivity index (χ2v) is 8.22. The zero-order valence-corrected chi connectivity index (χ0v) is 17.1. The van der Waals surface area contributed by atoms with Gasteiger partial charge in [0.2, 0.25) is 5.91 Å². The summed E-state index contributed by atoms with van der Waals surface area (Å²) in [5.74, 6) is -1.56. The molecule has 31 heavy (non-hydrogen) atoms. The highest BCUT2D eigenvalue weighted by molar-refractivity contribution is 5.89. The summed E-state index contributed by atoms with van der Waals surface area (Å²) in [7, 11) is 0. The monoisotopic (exact) mass is 436 g/mol. The van der Waals surface area contributed by atoms with Crippen LogP contribution in [-0.4, -0.2) is 35.7 Å². The van der Waals surface area contributed by atoms with Crippen LogP contribution in [0.4, 0.5) is 13.2 Å². The predicted molar refractivity (Wildman–Crippen MR) is 111 cm³/mol. The molecule has 8 heteroatoms. The lowest BCUT2D eigenvalue weighted by atomic mass is 9.84. The van der Waals surface area contributed by atoms with E-state index in [9.17, 15) is 18.0 Å². The van der Waals surface area contributed by atoms with Crippen LogP contribution in [-0.2, 0) is 9.59 Å². The van der Waals surface area contributed by atoms with E-state index >= 15 is 0 Å². The molecule has 2 aliphatic rings. The summed E-state index contributed by atoms with van der Waals surface area (Å²) in [5, 5.41) is 13.0. The topological polar surface area (TPSA) is 92.4 Å². The Morgan fingerprint density at radius 1 is 1.06 bits per heavy atom. The predicted octanol–water partition coefficient (Wildman–Crippen LogP) is 4.21. The van der Waals surface area contributed by atoms with Crippen molar-refractivity contribution in [3.05, 3.63) is 48.0 Å². The molecule has 0 radical (unpaired) electrons. The van der Waals surface area contributed by atoms with Crippen LogP contribution in [0.15, 0.2) is 42.5 Å². The van der Waals surface area contributed by atoms with Gasteiger partial charge < -0.3 is 16.2 Å². The average molecular weight is 436 g/mol. The Bertz CT molecular complexity index is 926. The van der Waals surface area contributed by atoms with E-state index in [1.165, 1.54) is 29.2 Å². The van der Waals surface area contributed by atoms with Crippen molar-refractivity contribution in [3.8, 4) is 0 Å². The SMILES string of the molecule is NCC1CCCCC1NC(=O)C1CC1c1cccc2ccccc12.O=C(O)C(F)(F)F. The Kier molecular flexibility index (Phi) is 7.20. The summed E-state index contributed by atoms with van der Waals surface area (Å²) in [4.78, 5) is 21.6. The first-order valence-electron chi connectivity index (χ1n) is 10.5. The summed E-state index contributed by atoms with van der Waals surface area (Å²) >= 11 is 0. The number of carboxylic acid groups (broad SMARTS) is 1. The van der Waals surface area contributed by atoms with E-state index in [1.807, 2.05) is 0 Å². The quantitative estimate of drug-likeness (QED) is 0.670. The van der Waals surface area contributed by atoms with E-state index < -0.39 is 12.1 Å². The molecule has 2 saturated carbocycles. The van der Waals surface area contributed by atoms with Gasteiger partial charge in [-0.2, -0.15) is 13.2 Å². The molecule has 5 nitrogen and oxygen atoms in total. The minimum atomic E-state index is -5.08. The van der Waals surface area contributed by atoms with Gasteiger partial charge in [0, 0.05) is 12.0 Å². The van der Waals surface area contributed by atoms with Crippen molar-refractivity contribution in [2.75, 3.05) is 6.54 Å². The molecule has 0 saturated heterocycles. The van der Waals surface area contributed by atoms with Crippen molar-refractivity contribution >= 4 is 22.6 Å². The molecule has 2 aromatic rings. The lowest BCUT2D eigenvalue weighted by molar-refractivity contribution is -0.192. The molecule has 168 valence electrons. The fraction of sp³-hybridized carbons (Fsp3) is 0.478. The van der Waals surface area contributed by atoms with Gasteiger partial charge in [-0.15, -0.1) is 0 Å². The van der Waals surface area contributed by atoms with Crippen molar-refractivity contribution in [3.63, 3.8) is 0 Å². The van der Waals surface area contributed by atoms with Crippen LogP contribution in [0.2, 0.25) is 0 Å². The second kappa shape index (κ2) is 9.68. The molecule has 1 amide bonds. The van der Waals surface area contributed by atoms with Crippen LogP contribution in [0, 0.1) is 11.8 Å². The van der Waals surface area contributed by atoms with Crippen LogP contribution >= 0.6 is 0 Å². The minimum absolute atomic E-state index is 0.135. The third-order valence-corrected chi connectivity index (χ3v) is 6.13. The molecule has 2 fully saturated rings.